The lowest BCUT2D eigenvalue weighted by Crippen LogP contribution is -2.20. The number of carbonyl (C=O) groups is 2. The Hall–Kier alpha value is -2.45. The van der Waals surface area contributed by atoms with Crippen molar-refractivity contribution in [2.45, 2.75) is 6.04 Å². The minimum atomic E-state index is -0.850. The predicted octanol–water partition coefficient (Wildman–Crippen LogP) is 3.14. The monoisotopic (exact) mass is 423 g/mol. The van der Waals surface area contributed by atoms with Crippen LogP contribution in [0, 0.1) is 0 Å². The number of nitrogens with one attached hydrogen (secondary N) is 1. The largest absolute Gasteiger partial charge is 0.364 e. The first kappa shape index (κ1) is 19.3. The van der Waals surface area contributed by atoms with Crippen LogP contribution >= 0.6 is 34.8 Å². The fourth-order valence-electron chi connectivity index (χ4n) is 2.54. The first-order valence-corrected chi connectivity index (χ1v) is 8.68. The van der Waals surface area contributed by atoms with E-state index in [4.69, 9.17) is 46.3 Å². The second kappa shape index (κ2) is 7.66. The SMILES string of the molecule is NC(=O)c1nn[nH]c1C(N)c1cc(Cl)c(C(=O)c2ccc(Cl)cc2)c(Cl)c1. The van der Waals surface area contributed by atoms with Gasteiger partial charge in [-0.1, -0.05) is 40.0 Å². The maximum absolute atomic E-state index is 12.7. The van der Waals surface area contributed by atoms with Crippen LogP contribution in [0.3, 0.4) is 0 Å². The number of aromatic amines is 1. The van der Waals surface area contributed by atoms with Gasteiger partial charge in [0.15, 0.2) is 11.5 Å². The third-order valence-electron chi connectivity index (χ3n) is 3.88. The van der Waals surface area contributed by atoms with Crippen molar-refractivity contribution < 1.29 is 9.59 Å². The normalized spacial score (nSPS) is 12.0. The fourth-order valence-corrected chi connectivity index (χ4v) is 3.34. The Morgan fingerprint density at radius 1 is 1.04 bits per heavy atom. The molecule has 1 atom stereocenters. The van der Waals surface area contributed by atoms with Crippen LogP contribution in [0.5, 0.6) is 0 Å². The molecule has 10 heteroatoms. The molecule has 0 saturated heterocycles. The van der Waals surface area contributed by atoms with E-state index < -0.39 is 11.9 Å². The molecule has 1 unspecified atom stereocenters. The van der Waals surface area contributed by atoms with Crippen molar-refractivity contribution in [2.24, 2.45) is 11.5 Å². The van der Waals surface area contributed by atoms with Gasteiger partial charge < -0.3 is 11.5 Å². The zero-order valence-electron chi connectivity index (χ0n) is 13.5. The van der Waals surface area contributed by atoms with Gasteiger partial charge in [0.05, 0.1) is 27.3 Å². The molecule has 0 saturated carbocycles. The molecule has 3 rings (SSSR count). The lowest BCUT2D eigenvalue weighted by molar-refractivity contribution is 0.0993. The number of halogens is 3. The number of primary amides is 1. The van der Waals surface area contributed by atoms with Gasteiger partial charge in [-0.05, 0) is 42.0 Å². The number of hydrogen-bond donors (Lipinski definition) is 3. The molecule has 0 spiro atoms. The van der Waals surface area contributed by atoms with E-state index in [1.165, 1.54) is 12.1 Å². The molecule has 0 fully saturated rings. The van der Waals surface area contributed by atoms with Crippen LogP contribution in [0.4, 0.5) is 0 Å². The molecule has 1 amide bonds. The molecule has 1 heterocycles. The predicted molar refractivity (Wildman–Crippen MR) is 102 cm³/mol. The molecular weight excluding hydrogens is 413 g/mol. The highest BCUT2D eigenvalue weighted by molar-refractivity contribution is 6.41. The first-order chi connectivity index (χ1) is 12.8. The number of nitrogens with zero attached hydrogens (tertiary/aromatic N) is 2. The van der Waals surface area contributed by atoms with Crippen molar-refractivity contribution in [3.05, 3.63) is 79.5 Å². The van der Waals surface area contributed by atoms with Gasteiger partial charge >= 0.3 is 0 Å². The molecule has 5 N–H and O–H groups in total. The molecule has 0 aliphatic rings. The Morgan fingerprint density at radius 3 is 2.19 bits per heavy atom. The molecule has 0 bridgehead atoms. The van der Waals surface area contributed by atoms with Gasteiger partial charge in [0, 0.05) is 10.6 Å². The van der Waals surface area contributed by atoms with E-state index >= 15 is 0 Å². The number of rotatable bonds is 5. The molecule has 27 heavy (non-hydrogen) atoms. The maximum Gasteiger partial charge on any atom is 0.271 e. The molecule has 0 aliphatic heterocycles. The summed E-state index contributed by atoms with van der Waals surface area (Å²) in [5.41, 5.74) is 12.5. The van der Waals surface area contributed by atoms with E-state index in [0.717, 1.165) is 0 Å². The molecule has 3 aromatic rings. The topological polar surface area (TPSA) is 128 Å². The zero-order valence-corrected chi connectivity index (χ0v) is 15.8. The van der Waals surface area contributed by atoms with E-state index in [-0.39, 0.29) is 32.8 Å². The van der Waals surface area contributed by atoms with E-state index in [2.05, 4.69) is 15.4 Å². The van der Waals surface area contributed by atoms with Crippen molar-refractivity contribution in [3.8, 4) is 0 Å². The lowest BCUT2D eigenvalue weighted by atomic mass is 9.97. The summed E-state index contributed by atoms with van der Waals surface area (Å²) in [7, 11) is 0. The summed E-state index contributed by atoms with van der Waals surface area (Å²) in [6.07, 6.45) is 0. The van der Waals surface area contributed by atoms with Crippen LogP contribution in [0.2, 0.25) is 15.1 Å². The van der Waals surface area contributed by atoms with Crippen molar-refractivity contribution in [3.63, 3.8) is 0 Å². The van der Waals surface area contributed by atoms with E-state index in [9.17, 15) is 9.59 Å². The van der Waals surface area contributed by atoms with Crippen LogP contribution in [-0.2, 0) is 0 Å². The molecular formula is C17H12Cl3N5O2. The summed E-state index contributed by atoms with van der Waals surface area (Å²) >= 11 is 18.4. The number of aromatic nitrogens is 3. The number of nitrogens with two attached hydrogens (primary N) is 2. The van der Waals surface area contributed by atoms with Crippen LogP contribution in [0.15, 0.2) is 36.4 Å². The molecule has 0 radical (unpaired) electrons. The van der Waals surface area contributed by atoms with Crippen molar-refractivity contribution in [2.75, 3.05) is 0 Å². The van der Waals surface area contributed by atoms with Gasteiger partial charge in [0.2, 0.25) is 0 Å². The van der Waals surface area contributed by atoms with Crippen LogP contribution in [-0.4, -0.2) is 27.1 Å². The Balaban J connectivity index is 2.00. The van der Waals surface area contributed by atoms with E-state index in [1.54, 1.807) is 24.3 Å². The highest BCUT2D eigenvalue weighted by atomic mass is 35.5. The average Bonchev–Trinajstić information content (AvgIpc) is 3.11. The molecule has 2 aromatic carbocycles. The standard InChI is InChI=1S/C17H12Cl3N5O2/c18-9-3-1-7(2-4-9)16(26)12-10(19)5-8(6-11(12)20)13(21)14-15(17(22)27)24-25-23-14/h1-6,13H,21H2,(H2,22,27)(H,23,24,25). The molecule has 1 aromatic heterocycles. The summed E-state index contributed by atoms with van der Waals surface area (Å²) in [6.45, 7) is 0. The Bertz CT molecular complexity index is 1010. The third-order valence-corrected chi connectivity index (χ3v) is 4.73. The number of amides is 1. The summed E-state index contributed by atoms with van der Waals surface area (Å²) in [4.78, 5) is 24.1. The van der Waals surface area contributed by atoms with Crippen molar-refractivity contribution >= 4 is 46.5 Å². The summed E-state index contributed by atoms with van der Waals surface area (Å²) in [6, 6.07) is 8.48. The zero-order chi connectivity index (χ0) is 19.7. The number of hydrogen-bond acceptors (Lipinski definition) is 5. The molecule has 7 nitrogen and oxygen atoms in total. The second-order valence-corrected chi connectivity index (χ2v) is 6.86. The highest BCUT2D eigenvalue weighted by Crippen LogP contribution is 2.32. The minimum absolute atomic E-state index is 0.0870. The van der Waals surface area contributed by atoms with Gasteiger partial charge in [-0.2, -0.15) is 0 Å². The Labute approximate surface area is 168 Å². The van der Waals surface area contributed by atoms with Crippen molar-refractivity contribution in [1.29, 1.82) is 0 Å². The Morgan fingerprint density at radius 2 is 1.63 bits per heavy atom. The summed E-state index contributed by atoms with van der Waals surface area (Å²) in [5, 5.41) is 10.4. The second-order valence-electron chi connectivity index (χ2n) is 5.61. The van der Waals surface area contributed by atoms with Gasteiger partial charge in [-0.15, -0.1) is 5.10 Å². The van der Waals surface area contributed by atoms with E-state index in [1.807, 2.05) is 0 Å². The fraction of sp³-hybridized carbons (Fsp3) is 0.0588. The highest BCUT2D eigenvalue weighted by Gasteiger charge is 2.24. The summed E-state index contributed by atoms with van der Waals surface area (Å²) in [5.74, 6) is -1.14. The summed E-state index contributed by atoms with van der Waals surface area (Å²) < 4.78 is 0. The number of H-pyrrole nitrogens is 1. The van der Waals surface area contributed by atoms with Crippen LogP contribution in [0.25, 0.3) is 0 Å². The molecule has 138 valence electrons. The van der Waals surface area contributed by atoms with Gasteiger partial charge in [-0.3, -0.25) is 14.7 Å². The number of benzene rings is 2. The van der Waals surface area contributed by atoms with Crippen molar-refractivity contribution in [1.82, 2.24) is 15.4 Å². The van der Waals surface area contributed by atoms with E-state index in [0.29, 0.717) is 16.1 Å². The lowest BCUT2D eigenvalue weighted by Gasteiger charge is -2.14. The van der Waals surface area contributed by atoms with Gasteiger partial charge in [0.25, 0.3) is 5.91 Å². The number of ketones is 1. The maximum atomic E-state index is 12.7. The average molecular weight is 425 g/mol. The third kappa shape index (κ3) is 3.81. The van der Waals surface area contributed by atoms with Crippen LogP contribution in [0.1, 0.15) is 43.7 Å². The number of carbonyl (C=O) groups excluding carboxylic acids is 2. The quantitative estimate of drug-likeness (QED) is 0.542. The first-order valence-electron chi connectivity index (χ1n) is 7.55. The van der Waals surface area contributed by atoms with Crippen LogP contribution < -0.4 is 11.5 Å². The smallest absolute Gasteiger partial charge is 0.271 e. The molecule has 0 aliphatic carbocycles. The minimum Gasteiger partial charge on any atom is -0.364 e. The van der Waals surface area contributed by atoms with Gasteiger partial charge in [-0.25, -0.2) is 0 Å². The Kier molecular flexibility index (Phi) is 5.48. The van der Waals surface area contributed by atoms with Gasteiger partial charge in [0.1, 0.15) is 0 Å².